The summed E-state index contributed by atoms with van der Waals surface area (Å²) in [6.45, 7) is 4.02. The molecule has 2 fully saturated rings. The maximum Gasteiger partial charge on any atom is 0.311 e. The van der Waals surface area contributed by atoms with Crippen LogP contribution in [-0.2, 0) is 11.3 Å². The van der Waals surface area contributed by atoms with Gasteiger partial charge in [-0.25, -0.2) is 0 Å². The van der Waals surface area contributed by atoms with Gasteiger partial charge in [-0.15, -0.1) is 0 Å². The molecule has 0 amide bonds. The molecular weight excluding hydrogens is 290 g/mol. The standard InChI is InChI=1S/C18H23N3O2/c1-20-11-16-12-21(7-3-6-18(16,13-20)17(22)23)10-15-5-2-4-14(8-15)9-19/h2,4-5,8,16H,3,6-7,10-13H2,1H3,(H,22,23)/t16-,18+/m0/s1. The molecule has 122 valence electrons. The van der Waals surface area contributed by atoms with Crippen molar-refractivity contribution in [3.05, 3.63) is 35.4 Å². The number of aliphatic carboxylic acids is 1. The van der Waals surface area contributed by atoms with Crippen LogP contribution in [0, 0.1) is 22.7 Å². The molecule has 5 heteroatoms. The highest BCUT2D eigenvalue weighted by atomic mass is 16.4. The zero-order valence-electron chi connectivity index (χ0n) is 13.5. The molecule has 5 nitrogen and oxygen atoms in total. The number of carbonyl (C=O) groups is 1. The lowest BCUT2D eigenvalue weighted by Gasteiger charge is -2.29. The topological polar surface area (TPSA) is 67.6 Å². The molecule has 0 aromatic heterocycles. The first-order valence-electron chi connectivity index (χ1n) is 8.17. The lowest BCUT2D eigenvalue weighted by atomic mass is 9.75. The number of benzene rings is 1. The van der Waals surface area contributed by atoms with E-state index in [-0.39, 0.29) is 5.92 Å². The van der Waals surface area contributed by atoms with Crippen LogP contribution in [0.3, 0.4) is 0 Å². The predicted octanol–water partition coefficient (Wildman–Crippen LogP) is 1.79. The molecule has 0 radical (unpaired) electrons. The molecule has 2 aliphatic heterocycles. The summed E-state index contributed by atoms with van der Waals surface area (Å²) in [5.41, 5.74) is 1.22. The van der Waals surface area contributed by atoms with Crippen molar-refractivity contribution in [3.63, 3.8) is 0 Å². The van der Waals surface area contributed by atoms with Gasteiger partial charge in [0, 0.05) is 32.1 Å². The minimum Gasteiger partial charge on any atom is -0.481 e. The predicted molar refractivity (Wildman–Crippen MR) is 86.7 cm³/mol. The van der Waals surface area contributed by atoms with Crippen molar-refractivity contribution in [2.75, 3.05) is 33.2 Å². The van der Waals surface area contributed by atoms with Crippen LogP contribution in [0.15, 0.2) is 24.3 Å². The van der Waals surface area contributed by atoms with Gasteiger partial charge in [-0.3, -0.25) is 9.69 Å². The average Bonchev–Trinajstić information content (AvgIpc) is 2.74. The van der Waals surface area contributed by atoms with E-state index >= 15 is 0 Å². The van der Waals surface area contributed by atoms with Crippen LogP contribution in [0.1, 0.15) is 24.0 Å². The highest BCUT2D eigenvalue weighted by Crippen LogP contribution is 2.42. The summed E-state index contributed by atoms with van der Waals surface area (Å²) in [4.78, 5) is 16.4. The van der Waals surface area contributed by atoms with Gasteiger partial charge in [-0.05, 0) is 44.1 Å². The first-order valence-corrected chi connectivity index (χ1v) is 8.17. The second-order valence-corrected chi connectivity index (χ2v) is 7.01. The van der Waals surface area contributed by atoms with Gasteiger partial charge in [0.25, 0.3) is 0 Å². The van der Waals surface area contributed by atoms with Crippen molar-refractivity contribution in [2.24, 2.45) is 11.3 Å². The summed E-state index contributed by atoms with van der Waals surface area (Å²) in [5.74, 6) is -0.466. The maximum atomic E-state index is 11.9. The van der Waals surface area contributed by atoms with Crippen LogP contribution in [0.5, 0.6) is 0 Å². The van der Waals surface area contributed by atoms with Crippen molar-refractivity contribution < 1.29 is 9.90 Å². The van der Waals surface area contributed by atoms with E-state index in [2.05, 4.69) is 15.9 Å². The Hall–Kier alpha value is -1.90. The molecule has 2 aliphatic rings. The van der Waals surface area contributed by atoms with E-state index in [4.69, 9.17) is 5.26 Å². The highest BCUT2D eigenvalue weighted by molar-refractivity contribution is 5.76. The van der Waals surface area contributed by atoms with Crippen LogP contribution in [0.2, 0.25) is 0 Å². The number of carboxylic acid groups (broad SMARTS) is 1. The van der Waals surface area contributed by atoms with Gasteiger partial charge in [0.2, 0.25) is 0 Å². The number of hydrogen-bond acceptors (Lipinski definition) is 4. The lowest BCUT2D eigenvalue weighted by Crippen LogP contribution is -2.41. The van der Waals surface area contributed by atoms with Gasteiger partial charge >= 0.3 is 5.97 Å². The summed E-state index contributed by atoms with van der Waals surface area (Å²) in [7, 11) is 2.01. The van der Waals surface area contributed by atoms with E-state index < -0.39 is 11.4 Å². The monoisotopic (exact) mass is 313 g/mol. The van der Waals surface area contributed by atoms with Crippen LogP contribution >= 0.6 is 0 Å². The summed E-state index contributed by atoms with van der Waals surface area (Å²) in [6.07, 6.45) is 1.67. The summed E-state index contributed by atoms with van der Waals surface area (Å²) < 4.78 is 0. The summed E-state index contributed by atoms with van der Waals surface area (Å²) in [5, 5.41) is 18.8. The van der Waals surface area contributed by atoms with Gasteiger partial charge in [0.1, 0.15) is 0 Å². The molecule has 0 unspecified atom stereocenters. The molecule has 0 spiro atoms. The van der Waals surface area contributed by atoms with Crippen molar-refractivity contribution in [1.82, 2.24) is 9.80 Å². The second-order valence-electron chi connectivity index (χ2n) is 7.01. The third kappa shape index (κ3) is 3.10. The number of rotatable bonds is 3. The molecule has 0 bridgehead atoms. The van der Waals surface area contributed by atoms with Gasteiger partial charge in [0.15, 0.2) is 0 Å². The van der Waals surface area contributed by atoms with E-state index in [1.165, 1.54) is 0 Å². The van der Waals surface area contributed by atoms with Crippen LogP contribution in [0.4, 0.5) is 0 Å². The van der Waals surface area contributed by atoms with E-state index in [0.29, 0.717) is 12.1 Å². The Bertz CT molecular complexity index is 639. The number of nitriles is 1. The highest BCUT2D eigenvalue weighted by Gasteiger charge is 2.52. The van der Waals surface area contributed by atoms with Gasteiger partial charge < -0.3 is 10.0 Å². The SMILES string of the molecule is CN1C[C@H]2CN(Cc3cccc(C#N)c3)CCC[C@@]2(C(=O)O)C1. The molecule has 3 rings (SSSR count). The average molecular weight is 313 g/mol. The fraction of sp³-hybridized carbons (Fsp3) is 0.556. The molecule has 23 heavy (non-hydrogen) atoms. The molecule has 1 aromatic carbocycles. The number of carboxylic acids is 1. The molecule has 0 aliphatic carbocycles. The number of fused-ring (bicyclic) bond motifs is 1. The van der Waals surface area contributed by atoms with E-state index in [1.54, 1.807) is 0 Å². The third-order valence-electron chi connectivity index (χ3n) is 5.33. The Morgan fingerprint density at radius 3 is 3.04 bits per heavy atom. The Balaban J connectivity index is 1.76. The molecule has 0 saturated carbocycles. The third-order valence-corrected chi connectivity index (χ3v) is 5.33. The molecule has 2 saturated heterocycles. The fourth-order valence-corrected chi connectivity index (χ4v) is 4.25. The minimum absolute atomic E-state index is 0.173. The molecule has 1 aromatic rings. The molecule has 2 heterocycles. The number of nitrogens with zero attached hydrogens (tertiary/aromatic N) is 3. The van der Waals surface area contributed by atoms with Crippen molar-refractivity contribution in [2.45, 2.75) is 19.4 Å². The van der Waals surface area contributed by atoms with Gasteiger partial charge in [-0.1, -0.05) is 12.1 Å². The second kappa shape index (κ2) is 6.31. The van der Waals surface area contributed by atoms with Crippen molar-refractivity contribution in [3.8, 4) is 6.07 Å². The van der Waals surface area contributed by atoms with Crippen LogP contribution in [-0.4, -0.2) is 54.1 Å². The molecule has 1 N–H and O–H groups in total. The Morgan fingerprint density at radius 2 is 2.30 bits per heavy atom. The first-order chi connectivity index (χ1) is 11.0. The van der Waals surface area contributed by atoms with Crippen LogP contribution < -0.4 is 0 Å². The van der Waals surface area contributed by atoms with Gasteiger partial charge in [-0.2, -0.15) is 5.26 Å². The zero-order valence-corrected chi connectivity index (χ0v) is 13.5. The summed E-state index contributed by atoms with van der Waals surface area (Å²) >= 11 is 0. The Labute approximate surface area is 137 Å². The minimum atomic E-state index is -0.639. The van der Waals surface area contributed by atoms with E-state index in [0.717, 1.165) is 44.6 Å². The molecular formula is C18H23N3O2. The number of hydrogen-bond donors (Lipinski definition) is 1. The first kappa shape index (κ1) is 16.0. The Morgan fingerprint density at radius 1 is 1.48 bits per heavy atom. The van der Waals surface area contributed by atoms with Crippen molar-refractivity contribution >= 4 is 5.97 Å². The maximum absolute atomic E-state index is 11.9. The van der Waals surface area contributed by atoms with Crippen molar-refractivity contribution in [1.29, 1.82) is 5.26 Å². The van der Waals surface area contributed by atoms with E-state index in [9.17, 15) is 9.90 Å². The summed E-state index contributed by atoms with van der Waals surface area (Å²) in [6, 6.07) is 9.87. The molecule has 2 atom stereocenters. The van der Waals surface area contributed by atoms with Crippen LogP contribution in [0.25, 0.3) is 0 Å². The Kier molecular flexibility index (Phi) is 4.38. The number of likely N-dealkylation sites (tertiary alicyclic amines) is 2. The normalized spacial score (nSPS) is 28.8. The van der Waals surface area contributed by atoms with Gasteiger partial charge in [0.05, 0.1) is 17.0 Å². The fourth-order valence-electron chi connectivity index (χ4n) is 4.25. The smallest absolute Gasteiger partial charge is 0.311 e. The zero-order chi connectivity index (χ0) is 16.4. The quantitative estimate of drug-likeness (QED) is 0.921. The largest absolute Gasteiger partial charge is 0.481 e. The van der Waals surface area contributed by atoms with E-state index in [1.807, 2.05) is 31.3 Å². The lowest BCUT2D eigenvalue weighted by molar-refractivity contribution is -0.150.